The van der Waals surface area contributed by atoms with E-state index in [4.69, 9.17) is 5.11 Å². The molecule has 0 aromatic rings. The third-order valence-electron chi connectivity index (χ3n) is 3.02. The minimum absolute atomic E-state index is 0.0490. The van der Waals surface area contributed by atoms with E-state index in [0.29, 0.717) is 6.54 Å². The first-order valence-corrected chi connectivity index (χ1v) is 6.06. The molecule has 0 bridgehead atoms. The molecule has 1 atom stereocenters. The number of carboxylic acids is 1. The van der Waals surface area contributed by atoms with Gasteiger partial charge in [-0.2, -0.15) is 0 Å². The monoisotopic (exact) mass is 242 g/mol. The van der Waals surface area contributed by atoms with Crippen molar-refractivity contribution in [2.75, 3.05) is 19.6 Å². The molecule has 0 aromatic carbocycles. The molecule has 1 aliphatic heterocycles. The summed E-state index contributed by atoms with van der Waals surface area (Å²) in [7, 11) is 0. The summed E-state index contributed by atoms with van der Waals surface area (Å²) in [5, 5.41) is 12.1. The lowest BCUT2D eigenvalue weighted by Gasteiger charge is -2.37. The van der Waals surface area contributed by atoms with Crippen LogP contribution in [-0.2, 0) is 9.59 Å². The van der Waals surface area contributed by atoms with E-state index < -0.39 is 11.5 Å². The maximum atomic E-state index is 12.3. The van der Waals surface area contributed by atoms with Crippen molar-refractivity contribution in [3.05, 3.63) is 0 Å². The van der Waals surface area contributed by atoms with E-state index >= 15 is 0 Å². The fourth-order valence-electron chi connectivity index (χ4n) is 2.06. The van der Waals surface area contributed by atoms with E-state index in [1.165, 1.54) is 4.90 Å². The number of nitrogens with zero attached hydrogens (tertiary/aromatic N) is 1. The van der Waals surface area contributed by atoms with Gasteiger partial charge in [0.25, 0.3) is 0 Å². The molecular weight excluding hydrogens is 220 g/mol. The first-order chi connectivity index (χ1) is 7.82. The number of nitrogens with one attached hydrogen (secondary N) is 1. The molecule has 17 heavy (non-hydrogen) atoms. The van der Waals surface area contributed by atoms with Gasteiger partial charge in [0.2, 0.25) is 5.91 Å². The molecule has 5 nitrogen and oxygen atoms in total. The summed E-state index contributed by atoms with van der Waals surface area (Å²) in [6, 6.07) is 0. The summed E-state index contributed by atoms with van der Waals surface area (Å²) in [5.41, 5.74) is -0.451. The topological polar surface area (TPSA) is 69.6 Å². The predicted molar refractivity (Wildman–Crippen MR) is 64.7 cm³/mol. The van der Waals surface area contributed by atoms with Crippen molar-refractivity contribution < 1.29 is 14.7 Å². The fourth-order valence-corrected chi connectivity index (χ4v) is 2.06. The standard InChI is InChI=1S/C12H22N2O3/c1-12(2,3)14(8-10(15)16)11(17)9-5-4-6-13-7-9/h9,13H,4-8H2,1-3H3,(H,15,16)/t9-/m1/s1. The van der Waals surface area contributed by atoms with Crippen LogP contribution in [0.4, 0.5) is 0 Å². The van der Waals surface area contributed by atoms with Crippen LogP contribution in [0.25, 0.3) is 0 Å². The Morgan fingerprint density at radius 2 is 2.06 bits per heavy atom. The highest BCUT2D eigenvalue weighted by Crippen LogP contribution is 2.20. The number of piperidine rings is 1. The molecule has 5 heteroatoms. The molecule has 0 saturated carbocycles. The van der Waals surface area contributed by atoms with E-state index in [0.717, 1.165) is 19.4 Å². The van der Waals surface area contributed by atoms with Crippen LogP contribution in [-0.4, -0.2) is 47.1 Å². The van der Waals surface area contributed by atoms with Gasteiger partial charge < -0.3 is 15.3 Å². The third kappa shape index (κ3) is 4.00. The van der Waals surface area contributed by atoms with E-state index in [9.17, 15) is 9.59 Å². The van der Waals surface area contributed by atoms with Crippen LogP contribution in [0.5, 0.6) is 0 Å². The number of hydrogen-bond donors (Lipinski definition) is 2. The number of hydrogen-bond acceptors (Lipinski definition) is 3. The Kier molecular flexibility index (Phi) is 4.51. The van der Waals surface area contributed by atoms with Crippen molar-refractivity contribution in [3.8, 4) is 0 Å². The lowest BCUT2D eigenvalue weighted by Crippen LogP contribution is -2.52. The van der Waals surface area contributed by atoms with Gasteiger partial charge >= 0.3 is 5.97 Å². The summed E-state index contributed by atoms with van der Waals surface area (Å²) in [6.07, 6.45) is 1.82. The number of carbonyl (C=O) groups excluding carboxylic acids is 1. The van der Waals surface area contributed by atoms with E-state index in [-0.39, 0.29) is 18.4 Å². The third-order valence-corrected chi connectivity index (χ3v) is 3.02. The Morgan fingerprint density at radius 1 is 1.41 bits per heavy atom. The second-order valence-corrected chi connectivity index (χ2v) is 5.53. The molecular formula is C12H22N2O3. The zero-order chi connectivity index (χ0) is 13.1. The molecule has 1 heterocycles. The maximum Gasteiger partial charge on any atom is 0.323 e. The Morgan fingerprint density at radius 3 is 2.47 bits per heavy atom. The molecule has 0 unspecified atom stereocenters. The lowest BCUT2D eigenvalue weighted by molar-refractivity contribution is -0.150. The molecule has 0 radical (unpaired) electrons. The van der Waals surface area contributed by atoms with Gasteiger partial charge in [0, 0.05) is 12.1 Å². The number of carbonyl (C=O) groups is 2. The Balaban J connectivity index is 2.74. The highest BCUT2D eigenvalue weighted by atomic mass is 16.4. The van der Waals surface area contributed by atoms with Crippen molar-refractivity contribution >= 4 is 11.9 Å². The van der Waals surface area contributed by atoms with Crippen molar-refractivity contribution in [2.45, 2.75) is 39.2 Å². The van der Waals surface area contributed by atoms with Gasteiger partial charge in [-0.25, -0.2) is 0 Å². The van der Waals surface area contributed by atoms with Crippen molar-refractivity contribution in [2.24, 2.45) is 5.92 Å². The first-order valence-electron chi connectivity index (χ1n) is 6.06. The van der Waals surface area contributed by atoms with Gasteiger partial charge in [-0.05, 0) is 40.2 Å². The molecule has 1 fully saturated rings. The Labute approximate surface area is 102 Å². The summed E-state index contributed by atoms with van der Waals surface area (Å²) in [5.74, 6) is -1.09. The Hall–Kier alpha value is -1.10. The summed E-state index contributed by atoms with van der Waals surface area (Å²) >= 11 is 0. The average molecular weight is 242 g/mol. The Bertz CT molecular complexity index is 291. The minimum atomic E-state index is -0.961. The zero-order valence-electron chi connectivity index (χ0n) is 10.8. The second-order valence-electron chi connectivity index (χ2n) is 5.53. The summed E-state index contributed by atoms with van der Waals surface area (Å²) in [4.78, 5) is 24.6. The zero-order valence-corrected chi connectivity index (χ0v) is 10.8. The molecule has 0 spiro atoms. The number of aliphatic carboxylic acids is 1. The van der Waals surface area contributed by atoms with E-state index in [1.807, 2.05) is 20.8 Å². The number of carboxylic acid groups (broad SMARTS) is 1. The average Bonchev–Trinajstić information content (AvgIpc) is 2.24. The fraction of sp³-hybridized carbons (Fsp3) is 0.833. The van der Waals surface area contributed by atoms with Gasteiger partial charge in [-0.15, -0.1) is 0 Å². The smallest absolute Gasteiger partial charge is 0.323 e. The molecule has 1 rings (SSSR count). The van der Waals surface area contributed by atoms with E-state index in [2.05, 4.69) is 5.32 Å². The largest absolute Gasteiger partial charge is 0.480 e. The molecule has 1 amide bonds. The van der Waals surface area contributed by atoms with Crippen LogP contribution in [0.15, 0.2) is 0 Å². The molecule has 0 aliphatic carbocycles. The van der Waals surface area contributed by atoms with Gasteiger partial charge in [0.1, 0.15) is 6.54 Å². The summed E-state index contributed by atoms with van der Waals surface area (Å²) < 4.78 is 0. The molecule has 2 N–H and O–H groups in total. The van der Waals surface area contributed by atoms with Gasteiger partial charge in [0.05, 0.1) is 5.92 Å². The van der Waals surface area contributed by atoms with Gasteiger partial charge in [-0.3, -0.25) is 9.59 Å². The lowest BCUT2D eigenvalue weighted by atomic mass is 9.95. The van der Waals surface area contributed by atoms with Crippen molar-refractivity contribution in [1.82, 2.24) is 10.2 Å². The van der Waals surface area contributed by atoms with Gasteiger partial charge in [0.15, 0.2) is 0 Å². The second kappa shape index (κ2) is 5.49. The molecule has 1 aliphatic rings. The van der Waals surface area contributed by atoms with Crippen LogP contribution in [0, 0.1) is 5.92 Å². The highest BCUT2D eigenvalue weighted by molar-refractivity contribution is 5.84. The molecule has 1 saturated heterocycles. The SMILES string of the molecule is CC(C)(C)N(CC(=O)O)C(=O)[C@@H]1CCCNC1. The van der Waals surface area contributed by atoms with Crippen molar-refractivity contribution in [1.29, 1.82) is 0 Å². The normalized spacial score (nSPS) is 21.0. The van der Waals surface area contributed by atoms with Crippen LogP contribution >= 0.6 is 0 Å². The molecule has 0 aromatic heterocycles. The highest BCUT2D eigenvalue weighted by Gasteiger charge is 2.33. The maximum absolute atomic E-state index is 12.3. The van der Waals surface area contributed by atoms with Gasteiger partial charge in [-0.1, -0.05) is 0 Å². The van der Waals surface area contributed by atoms with Crippen LogP contribution in [0.3, 0.4) is 0 Å². The van der Waals surface area contributed by atoms with Crippen molar-refractivity contribution in [3.63, 3.8) is 0 Å². The van der Waals surface area contributed by atoms with Crippen LogP contribution in [0.1, 0.15) is 33.6 Å². The molecule has 98 valence electrons. The quantitative estimate of drug-likeness (QED) is 0.764. The number of amides is 1. The predicted octanol–water partition coefficient (Wildman–Crippen LogP) is 0.698. The van der Waals surface area contributed by atoms with Crippen LogP contribution in [0.2, 0.25) is 0 Å². The van der Waals surface area contributed by atoms with Crippen LogP contribution < -0.4 is 5.32 Å². The number of rotatable bonds is 3. The van der Waals surface area contributed by atoms with E-state index in [1.54, 1.807) is 0 Å². The first kappa shape index (κ1) is 14.0. The minimum Gasteiger partial charge on any atom is -0.480 e. The summed E-state index contributed by atoms with van der Waals surface area (Å²) in [6.45, 7) is 6.97.